The van der Waals surface area contributed by atoms with Crippen LogP contribution in [0.3, 0.4) is 0 Å². The minimum absolute atomic E-state index is 0.0213. The molecule has 0 bridgehead atoms. The lowest BCUT2D eigenvalue weighted by atomic mass is 10.2. The highest BCUT2D eigenvalue weighted by Crippen LogP contribution is 2.21. The molecule has 0 aromatic carbocycles. The minimum Gasteiger partial charge on any atom is -0.458 e. The van der Waals surface area contributed by atoms with E-state index in [1.54, 1.807) is 19.3 Å². The molecule has 0 spiro atoms. The first-order valence-corrected chi connectivity index (χ1v) is 7.91. The Morgan fingerprint density at radius 1 is 1.48 bits per heavy atom. The lowest BCUT2D eigenvalue weighted by Gasteiger charge is -2.00. The van der Waals surface area contributed by atoms with E-state index in [0.717, 1.165) is 11.2 Å². The number of rotatable bonds is 4. The van der Waals surface area contributed by atoms with Crippen molar-refractivity contribution in [3.8, 4) is 6.07 Å². The molecule has 0 N–H and O–H groups in total. The van der Waals surface area contributed by atoms with E-state index in [1.165, 1.54) is 10.8 Å². The summed E-state index contributed by atoms with van der Waals surface area (Å²) in [5, 5.41) is 14.0. The van der Waals surface area contributed by atoms with Gasteiger partial charge in [0.15, 0.2) is 0 Å². The van der Waals surface area contributed by atoms with E-state index < -0.39 is 5.97 Å². The summed E-state index contributed by atoms with van der Waals surface area (Å²) in [6.45, 7) is 1.83. The van der Waals surface area contributed by atoms with Gasteiger partial charge in [-0.25, -0.2) is 4.79 Å². The summed E-state index contributed by atoms with van der Waals surface area (Å²) in [4.78, 5) is 12.0. The minimum atomic E-state index is -0.515. The van der Waals surface area contributed by atoms with Gasteiger partial charge < -0.3 is 9.14 Å². The van der Waals surface area contributed by atoms with Crippen molar-refractivity contribution in [2.45, 2.75) is 13.5 Å². The number of hydrogen-bond acceptors (Lipinski definition) is 4. The predicted octanol–water partition coefficient (Wildman–Crippen LogP) is 3.26. The van der Waals surface area contributed by atoms with Crippen LogP contribution in [-0.4, -0.2) is 20.2 Å². The van der Waals surface area contributed by atoms with E-state index in [9.17, 15) is 10.1 Å². The number of aromatic nitrogens is 3. The number of aryl methyl sites for hydroxylation is 2. The maximum absolute atomic E-state index is 12.0. The molecule has 6 nitrogen and oxygen atoms in total. The molecule has 0 unspecified atom stereocenters. The second kappa shape index (κ2) is 6.83. The molecule has 0 radical (unpaired) electrons. The Kier molecular flexibility index (Phi) is 4.59. The van der Waals surface area contributed by atoms with Crippen LogP contribution in [0.15, 0.2) is 36.7 Å². The third-order valence-electron chi connectivity index (χ3n) is 3.83. The van der Waals surface area contributed by atoms with Gasteiger partial charge in [-0.3, -0.25) is 4.68 Å². The van der Waals surface area contributed by atoms with Gasteiger partial charge in [-0.05, 0) is 25.1 Å². The summed E-state index contributed by atoms with van der Waals surface area (Å²) in [6.07, 6.45) is 6.51. The molecule has 0 aliphatic rings. The molecule has 126 valence electrons. The smallest absolute Gasteiger partial charge is 0.331 e. The van der Waals surface area contributed by atoms with E-state index in [0.29, 0.717) is 21.8 Å². The molecule has 0 fully saturated rings. The standard InChI is InChI=1S/C18H15ClN4O2/c1-12-14(18(19)22(2)21-12)6-7-17(24)25-11-13-10-23-8-4-3-5-16(23)15(13)9-20/h3-8,10H,11H2,1-2H3. The molecule has 0 saturated heterocycles. The first-order chi connectivity index (χ1) is 12.0. The van der Waals surface area contributed by atoms with Gasteiger partial charge in [-0.2, -0.15) is 10.4 Å². The molecule has 0 saturated carbocycles. The molecule has 0 atom stereocenters. The summed E-state index contributed by atoms with van der Waals surface area (Å²) in [6, 6.07) is 7.73. The van der Waals surface area contributed by atoms with E-state index in [1.807, 2.05) is 35.7 Å². The fourth-order valence-electron chi connectivity index (χ4n) is 2.60. The summed E-state index contributed by atoms with van der Waals surface area (Å²) in [5.41, 5.74) is 3.34. The van der Waals surface area contributed by atoms with Gasteiger partial charge in [0.1, 0.15) is 17.8 Å². The largest absolute Gasteiger partial charge is 0.458 e. The van der Waals surface area contributed by atoms with Gasteiger partial charge in [0.25, 0.3) is 0 Å². The van der Waals surface area contributed by atoms with Gasteiger partial charge in [-0.15, -0.1) is 0 Å². The Balaban J connectivity index is 1.73. The van der Waals surface area contributed by atoms with Gasteiger partial charge in [0, 0.05) is 36.6 Å². The van der Waals surface area contributed by atoms with Crippen molar-refractivity contribution in [3.63, 3.8) is 0 Å². The average Bonchev–Trinajstić information content (AvgIpc) is 3.08. The molecular weight excluding hydrogens is 340 g/mol. The van der Waals surface area contributed by atoms with E-state index in [4.69, 9.17) is 16.3 Å². The third-order valence-corrected chi connectivity index (χ3v) is 4.27. The van der Waals surface area contributed by atoms with Crippen LogP contribution in [0.1, 0.15) is 22.4 Å². The number of nitrogens with zero attached hydrogens (tertiary/aromatic N) is 4. The van der Waals surface area contributed by atoms with Crippen LogP contribution in [0.5, 0.6) is 0 Å². The van der Waals surface area contributed by atoms with Crippen molar-refractivity contribution in [3.05, 3.63) is 64.2 Å². The summed E-state index contributed by atoms with van der Waals surface area (Å²) in [7, 11) is 1.73. The second-order valence-electron chi connectivity index (χ2n) is 5.49. The van der Waals surface area contributed by atoms with Crippen molar-refractivity contribution in [2.75, 3.05) is 0 Å². The van der Waals surface area contributed by atoms with Crippen LogP contribution in [0.25, 0.3) is 11.6 Å². The number of carbonyl (C=O) groups is 1. The van der Waals surface area contributed by atoms with Crippen LogP contribution in [0.4, 0.5) is 0 Å². The third kappa shape index (κ3) is 3.28. The highest BCUT2D eigenvalue weighted by molar-refractivity contribution is 6.31. The molecule has 3 aromatic rings. The highest BCUT2D eigenvalue weighted by Gasteiger charge is 2.12. The molecule has 7 heteroatoms. The second-order valence-corrected chi connectivity index (χ2v) is 5.85. The number of esters is 1. The Morgan fingerprint density at radius 3 is 2.96 bits per heavy atom. The van der Waals surface area contributed by atoms with Crippen LogP contribution in [-0.2, 0) is 23.2 Å². The summed E-state index contributed by atoms with van der Waals surface area (Å²) < 4.78 is 8.61. The molecular formula is C18H15ClN4O2. The van der Waals surface area contributed by atoms with Gasteiger partial charge in [0.2, 0.25) is 0 Å². The molecule has 3 heterocycles. The predicted molar refractivity (Wildman–Crippen MR) is 93.9 cm³/mol. The number of nitriles is 1. The Hall–Kier alpha value is -3.04. The quantitative estimate of drug-likeness (QED) is 0.532. The Bertz CT molecular complexity index is 1020. The van der Waals surface area contributed by atoms with Crippen molar-refractivity contribution >= 4 is 29.2 Å². The average molecular weight is 355 g/mol. The van der Waals surface area contributed by atoms with Gasteiger partial charge in [-0.1, -0.05) is 17.7 Å². The molecule has 0 aliphatic carbocycles. The SMILES string of the molecule is Cc1nn(C)c(Cl)c1C=CC(=O)OCc1cn2ccccc2c1C#N. The number of halogens is 1. The first-order valence-electron chi connectivity index (χ1n) is 7.54. The fraction of sp³-hybridized carbons (Fsp3) is 0.167. The number of carbonyl (C=O) groups excluding carboxylic acids is 1. The van der Waals surface area contributed by atoms with Crippen molar-refractivity contribution in [1.82, 2.24) is 14.2 Å². The highest BCUT2D eigenvalue weighted by atomic mass is 35.5. The molecule has 3 rings (SSSR count). The summed E-state index contributed by atoms with van der Waals surface area (Å²) in [5.74, 6) is -0.515. The maximum Gasteiger partial charge on any atom is 0.331 e. The zero-order valence-corrected chi connectivity index (χ0v) is 14.5. The lowest BCUT2D eigenvalue weighted by Crippen LogP contribution is -2.01. The van der Waals surface area contributed by atoms with E-state index in [-0.39, 0.29) is 6.61 Å². The first kappa shape index (κ1) is 16.8. The molecule has 0 amide bonds. The molecule has 25 heavy (non-hydrogen) atoms. The Labute approximate surface area is 149 Å². The zero-order valence-electron chi connectivity index (χ0n) is 13.7. The molecule has 0 aliphatic heterocycles. The van der Waals surface area contributed by atoms with Crippen LogP contribution in [0.2, 0.25) is 5.15 Å². The van der Waals surface area contributed by atoms with Crippen molar-refractivity contribution in [2.24, 2.45) is 7.05 Å². The fourth-order valence-corrected chi connectivity index (χ4v) is 2.84. The normalized spacial score (nSPS) is 11.1. The Morgan fingerprint density at radius 2 is 2.28 bits per heavy atom. The zero-order chi connectivity index (χ0) is 18.0. The van der Waals surface area contributed by atoms with Gasteiger partial charge in [0.05, 0.1) is 16.8 Å². The summed E-state index contributed by atoms with van der Waals surface area (Å²) >= 11 is 6.11. The number of ether oxygens (including phenoxy) is 1. The molecule has 3 aromatic heterocycles. The van der Waals surface area contributed by atoms with Crippen LogP contribution < -0.4 is 0 Å². The van der Waals surface area contributed by atoms with E-state index >= 15 is 0 Å². The number of fused-ring (bicyclic) bond motifs is 1. The van der Waals surface area contributed by atoms with Crippen molar-refractivity contribution < 1.29 is 9.53 Å². The monoisotopic (exact) mass is 354 g/mol. The van der Waals surface area contributed by atoms with Crippen molar-refractivity contribution in [1.29, 1.82) is 5.26 Å². The maximum atomic E-state index is 12.0. The number of pyridine rings is 1. The van der Waals surface area contributed by atoms with Gasteiger partial charge >= 0.3 is 5.97 Å². The number of hydrogen-bond donors (Lipinski definition) is 0. The lowest BCUT2D eigenvalue weighted by molar-refractivity contribution is -0.138. The topological polar surface area (TPSA) is 72.3 Å². The van der Waals surface area contributed by atoms with Crippen LogP contribution in [0, 0.1) is 18.3 Å². The van der Waals surface area contributed by atoms with Crippen LogP contribution >= 0.6 is 11.6 Å². The van der Waals surface area contributed by atoms with E-state index in [2.05, 4.69) is 11.2 Å².